The van der Waals surface area contributed by atoms with E-state index in [0.717, 1.165) is 18.2 Å². The van der Waals surface area contributed by atoms with Crippen molar-refractivity contribution in [1.82, 2.24) is 0 Å². The van der Waals surface area contributed by atoms with E-state index in [0.29, 0.717) is 6.07 Å². The lowest BCUT2D eigenvalue weighted by Gasteiger charge is -2.02. The van der Waals surface area contributed by atoms with Crippen molar-refractivity contribution in [1.29, 1.82) is 0 Å². The first-order chi connectivity index (χ1) is 7.95. The Kier molecular flexibility index (Phi) is 3.76. The van der Waals surface area contributed by atoms with Crippen LogP contribution in [0.4, 0.5) is 15.8 Å². The number of nitrogen functional groups attached to an aromatic ring is 1. The van der Waals surface area contributed by atoms with Crippen molar-refractivity contribution in [3.05, 3.63) is 39.7 Å². The first kappa shape index (κ1) is 12.6. The van der Waals surface area contributed by atoms with Gasteiger partial charge in [0.25, 0.3) is 5.69 Å². The van der Waals surface area contributed by atoms with E-state index in [1.54, 1.807) is 0 Å². The number of non-ortho nitro benzene ring substituents is 1. The summed E-state index contributed by atoms with van der Waals surface area (Å²) in [6, 6.07) is 1.78. The number of nitro groups is 1. The molecule has 0 aliphatic rings. The maximum absolute atomic E-state index is 13.2. The molecule has 0 aliphatic heterocycles. The molecule has 0 heterocycles. The number of ether oxygens (including phenoxy) is 1. The number of anilines is 1. The monoisotopic (exact) mass is 240 g/mol. The van der Waals surface area contributed by atoms with Crippen LogP contribution in [-0.4, -0.2) is 18.0 Å². The minimum absolute atomic E-state index is 0.0436. The number of carbonyl (C=O) groups excluding carboxylic acids is 1. The fraction of sp³-hybridized carbons (Fsp3) is 0.100. The lowest BCUT2D eigenvalue weighted by molar-refractivity contribution is -0.385. The molecule has 2 N–H and O–H groups in total. The summed E-state index contributed by atoms with van der Waals surface area (Å²) in [6.45, 7) is 0. The molecule has 0 spiro atoms. The standard InChI is InChI=1S/C10H9FN2O4/c1-17-9(14)3-2-6-4-7(13(15)16)5-8(11)10(6)12/h2-5H,12H2,1H3. The van der Waals surface area contributed by atoms with Crippen molar-refractivity contribution < 1.29 is 18.8 Å². The van der Waals surface area contributed by atoms with Gasteiger partial charge >= 0.3 is 5.97 Å². The molecule has 0 fully saturated rings. The molecule has 17 heavy (non-hydrogen) atoms. The van der Waals surface area contributed by atoms with E-state index in [1.807, 2.05) is 0 Å². The molecule has 1 aromatic rings. The summed E-state index contributed by atoms with van der Waals surface area (Å²) in [5.41, 5.74) is 4.71. The third-order valence-corrected chi connectivity index (χ3v) is 1.96. The average Bonchev–Trinajstić information content (AvgIpc) is 2.30. The highest BCUT2D eigenvalue weighted by Crippen LogP contribution is 2.24. The fourth-order valence-electron chi connectivity index (χ4n) is 1.09. The molecule has 0 atom stereocenters. The number of esters is 1. The number of nitro benzene ring substituents is 1. The molecule has 0 amide bonds. The van der Waals surface area contributed by atoms with E-state index in [4.69, 9.17) is 5.73 Å². The van der Waals surface area contributed by atoms with E-state index in [1.165, 1.54) is 7.11 Å². The van der Waals surface area contributed by atoms with Crippen LogP contribution in [0.25, 0.3) is 6.08 Å². The Morgan fingerprint density at radius 2 is 2.24 bits per heavy atom. The molecule has 0 unspecified atom stereocenters. The molecule has 0 radical (unpaired) electrons. The molecule has 1 rings (SSSR count). The van der Waals surface area contributed by atoms with Gasteiger partial charge in [-0.3, -0.25) is 10.1 Å². The highest BCUT2D eigenvalue weighted by atomic mass is 19.1. The topological polar surface area (TPSA) is 95.5 Å². The van der Waals surface area contributed by atoms with Gasteiger partial charge in [0.1, 0.15) is 0 Å². The highest BCUT2D eigenvalue weighted by molar-refractivity contribution is 5.88. The van der Waals surface area contributed by atoms with Crippen LogP contribution in [0.5, 0.6) is 0 Å². The van der Waals surface area contributed by atoms with Gasteiger partial charge in [-0.25, -0.2) is 9.18 Å². The molecule has 0 saturated heterocycles. The summed E-state index contributed by atoms with van der Waals surface area (Å²) in [6.07, 6.45) is 2.14. The largest absolute Gasteiger partial charge is 0.466 e. The summed E-state index contributed by atoms with van der Waals surface area (Å²) in [5.74, 6) is -1.58. The Labute approximate surface area is 95.6 Å². The van der Waals surface area contributed by atoms with Crippen LogP contribution in [0.3, 0.4) is 0 Å². The second-order valence-electron chi connectivity index (χ2n) is 3.04. The summed E-state index contributed by atoms with van der Waals surface area (Å²) >= 11 is 0. The van der Waals surface area contributed by atoms with Crippen molar-refractivity contribution >= 4 is 23.4 Å². The third kappa shape index (κ3) is 3.00. The number of benzene rings is 1. The Balaban J connectivity index is 3.18. The van der Waals surface area contributed by atoms with Gasteiger partial charge in [-0.1, -0.05) is 0 Å². The van der Waals surface area contributed by atoms with E-state index < -0.39 is 22.4 Å². The normalized spacial score (nSPS) is 10.5. The minimum atomic E-state index is -0.913. The average molecular weight is 240 g/mol. The Morgan fingerprint density at radius 1 is 1.59 bits per heavy atom. The van der Waals surface area contributed by atoms with Gasteiger partial charge in [0.15, 0.2) is 5.82 Å². The molecule has 0 aliphatic carbocycles. The van der Waals surface area contributed by atoms with Crippen LogP contribution in [0, 0.1) is 15.9 Å². The zero-order valence-corrected chi connectivity index (χ0v) is 8.84. The van der Waals surface area contributed by atoms with Gasteiger partial charge in [0.2, 0.25) is 0 Å². The number of hydrogen-bond donors (Lipinski definition) is 1. The summed E-state index contributed by atoms with van der Waals surface area (Å²) < 4.78 is 17.6. The Bertz CT molecular complexity index is 499. The predicted octanol–water partition coefficient (Wildman–Crippen LogP) is 1.50. The van der Waals surface area contributed by atoms with Crippen molar-refractivity contribution in [3.8, 4) is 0 Å². The molecule has 0 aromatic heterocycles. The van der Waals surface area contributed by atoms with Crippen molar-refractivity contribution in [2.45, 2.75) is 0 Å². The van der Waals surface area contributed by atoms with Crippen LogP contribution in [0.15, 0.2) is 18.2 Å². The van der Waals surface area contributed by atoms with Gasteiger partial charge < -0.3 is 10.5 Å². The summed E-state index contributed by atoms with van der Waals surface area (Å²) in [5, 5.41) is 10.5. The number of nitrogens with zero attached hydrogens (tertiary/aromatic N) is 1. The first-order valence-electron chi connectivity index (χ1n) is 4.45. The lowest BCUT2D eigenvalue weighted by atomic mass is 10.1. The van der Waals surface area contributed by atoms with Crippen molar-refractivity contribution in [2.75, 3.05) is 12.8 Å². The number of halogens is 1. The number of hydrogen-bond acceptors (Lipinski definition) is 5. The van der Waals surface area contributed by atoms with Crippen LogP contribution >= 0.6 is 0 Å². The molecular weight excluding hydrogens is 231 g/mol. The van der Waals surface area contributed by atoms with Gasteiger partial charge in [-0.15, -0.1) is 0 Å². The van der Waals surface area contributed by atoms with E-state index in [2.05, 4.69) is 4.74 Å². The number of carbonyl (C=O) groups is 1. The Hall–Kier alpha value is -2.44. The van der Waals surface area contributed by atoms with Crippen molar-refractivity contribution in [3.63, 3.8) is 0 Å². The number of methoxy groups -OCH3 is 1. The van der Waals surface area contributed by atoms with E-state index in [-0.39, 0.29) is 11.3 Å². The lowest BCUT2D eigenvalue weighted by Crippen LogP contribution is -1.99. The molecule has 1 aromatic carbocycles. The molecule has 90 valence electrons. The van der Waals surface area contributed by atoms with E-state index in [9.17, 15) is 19.3 Å². The third-order valence-electron chi connectivity index (χ3n) is 1.96. The number of nitrogens with two attached hydrogens (primary N) is 1. The summed E-state index contributed by atoms with van der Waals surface area (Å²) in [7, 11) is 1.17. The minimum Gasteiger partial charge on any atom is -0.466 e. The van der Waals surface area contributed by atoms with Gasteiger partial charge in [-0.2, -0.15) is 0 Å². The van der Waals surface area contributed by atoms with E-state index >= 15 is 0 Å². The number of rotatable bonds is 3. The Morgan fingerprint density at radius 3 is 2.76 bits per heavy atom. The zero-order valence-electron chi connectivity index (χ0n) is 8.84. The zero-order chi connectivity index (χ0) is 13.0. The smallest absolute Gasteiger partial charge is 0.330 e. The van der Waals surface area contributed by atoms with Crippen LogP contribution in [-0.2, 0) is 9.53 Å². The maximum Gasteiger partial charge on any atom is 0.330 e. The second kappa shape index (κ2) is 5.06. The van der Waals surface area contributed by atoms with Crippen LogP contribution in [0.1, 0.15) is 5.56 Å². The van der Waals surface area contributed by atoms with Gasteiger partial charge in [-0.05, 0) is 6.08 Å². The summed E-state index contributed by atoms with van der Waals surface area (Å²) in [4.78, 5) is 20.6. The molecule has 0 bridgehead atoms. The maximum atomic E-state index is 13.2. The molecule has 7 heteroatoms. The molecule has 0 saturated carbocycles. The quantitative estimate of drug-likeness (QED) is 0.284. The SMILES string of the molecule is COC(=O)C=Cc1cc([N+](=O)[O-])cc(F)c1N. The fourth-order valence-corrected chi connectivity index (χ4v) is 1.09. The van der Waals surface area contributed by atoms with Crippen LogP contribution < -0.4 is 5.73 Å². The van der Waals surface area contributed by atoms with Crippen LogP contribution in [0.2, 0.25) is 0 Å². The van der Waals surface area contributed by atoms with Crippen molar-refractivity contribution in [2.24, 2.45) is 0 Å². The molecular formula is C10H9FN2O4. The second-order valence-corrected chi connectivity index (χ2v) is 3.04. The predicted molar refractivity (Wildman–Crippen MR) is 58.5 cm³/mol. The first-order valence-corrected chi connectivity index (χ1v) is 4.45. The van der Waals surface area contributed by atoms with Gasteiger partial charge in [0.05, 0.1) is 23.8 Å². The van der Waals surface area contributed by atoms with Gasteiger partial charge in [0, 0.05) is 17.7 Å². The highest BCUT2D eigenvalue weighted by Gasteiger charge is 2.13. The molecule has 6 nitrogen and oxygen atoms in total.